The molecule has 0 fully saturated rings. The lowest BCUT2D eigenvalue weighted by atomic mass is 10.1. The number of thiazole rings is 1. The number of pyridine rings is 1. The summed E-state index contributed by atoms with van der Waals surface area (Å²) >= 11 is 1.66. The zero-order valence-corrected chi connectivity index (χ0v) is 16.9. The van der Waals surface area contributed by atoms with Crippen LogP contribution >= 0.6 is 11.3 Å². The summed E-state index contributed by atoms with van der Waals surface area (Å²) in [4.78, 5) is 10.2. The van der Waals surface area contributed by atoms with Gasteiger partial charge in [-0.1, -0.05) is 29.8 Å². The van der Waals surface area contributed by atoms with Crippen molar-refractivity contribution in [1.82, 2.24) is 9.97 Å². The van der Waals surface area contributed by atoms with Crippen LogP contribution in [0, 0.1) is 0 Å². The molecule has 2 aromatic heterocycles. The van der Waals surface area contributed by atoms with E-state index in [1.165, 1.54) is 5.57 Å². The summed E-state index contributed by atoms with van der Waals surface area (Å²) in [5, 5.41) is 0.982. The van der Waals surface area contributed by atoms with Crippen molar-refractivity contribution in [3.8, 4) is 21.0 Å². The average molecular weight is 381 g/mol. The first kappa shape index (κ1) is 19.4. The molecule has 0 amide bonds. The van der Waals surface area contributed by atoms with Crippen LogP contribution in [-0.2, 0) is 9.47 Å². The van der Waals surface area contributed by atoms with Crippen molar-refractivity contribution in [3.05, 3.63) is 65.6 Å². The predicted octanol–water partition coefficient (Wildman–Crippen LogP) is 5.98. The molecule has 3 rings (SSSR count). The highest BCUT2D eigenvalue weighted by Crippen LogP contribution is 2.32. The van der Waals surface area contributed by atoms with E-state index in [2.05, 4.69) is 48.1 Å². The van der Waals surface area contributed by atoms with Crippen LogP contribution in [0.25, 0.3) is 27.1 Å². The normalized spacial score (nSPS) is 12.0. The molecule has 140 valence electrons. The third-order valence-electron chi connectivity index (χ3n) is 3.98. The lowest BCUT2D eigenvalue weighted by Gasteiger charge is -2.15. The fourth-order valence-electron chi connectivity index (χ4n) is 2.71. The second-order valence-corrected chi connectivity index (χ2v) is 7.40. The Morgan fingerprint density at radius 2 is 1.78 bits per heavy atom. The van der Waals surface area contributed by atoms with Gasteiger partial charge in [-0.25, -0.2) is 4.98 Å². The molecular weight excluding hydrogens is 356 g/mol. The molecule has 0 aliphatic carbocycles. The number of allylic oxidation sites excluding steroid dienone is 1. The maximum atomic E-state index is 5.57. The number of aromatic nitrogens is 2. The molecule has 1 atom stereocenters. The summed E-state index contributed by atoms with van der Waals surface area (Å²) < 4.78 is 10.9. The molecular formula is C22H24N2O2S. The van der Waals surface area contributed by atoms with Crippen LogP contribution in [0.2, 0.25) is 0 Å². The molecule has 0 radical (unpaired) electrons. The van der Waals surface area contributed by atoms with Crippen LogP contribution in [0.3, 0.4) is 0 Å². The van der Waals surface area contributed by atoms with E-state index >= 15 is 0 Å². The van der Waals surface area contributed by atoms with Gasteiger partial charge in [-0.15, -0.1) is 11.3 Å². The quantitative estimate of drug-likeness (QED) is 0.473. The van der Waals surface area contributed by atoms with Gasteiger partial charge in [-0.2, -0.15) is 0 Å². The lowest BCUT2D eigenvalue weighted by molar-refractivity contribution is -0.124. The minimum absolute atomic E-state index is 0.332. The second kappa shape index (κ2) is 9.04. The summed E-state index contributed by atoms with van der Waals surface area (Å²) in [5.41, 5.74) is 5.37. The third kappa shape index (κ3) is 4.89. The molecule has 1 unspecified atom stereocenters. The van der Waals surface area contributed by atoms with Gasteiger partial charge in [0, 0.05) is 42.8 Å². The van der Waals surface area contributed by atoms with Gasteiger partial charge in [0.05, 0.1) is 10.6 Å². The van der Waals surface area contributed by atoms with Crippen molar-refractivity contribution >= 4 is 17.4 Å². The SMILES string of the molecule is CCOC(OC)c1ccc(-c2ncc(-c3ccc(C=C(C)C)nc3)s2)cc1. The summed E-state index contributed by atoms with van der Waals surface area (Å²) in [6.07, 6.45) is 5.55. The summed E-state index contributed by atoms with van der Waals surface area (Å²) in [6, 6.07) is 12.3. The minimum atomic E-state index is -0.332. The van der Waals surface area contributed by atoms with Gasteiger partial charge in [0.2, 0.25) is 0 Å². The highest BCUT2D eigenvalue weighted by atomic mass is 32.1. The number of benzene rings is 1. The molecule has 0 saturated carbocycles. The molecule has 27 heavy (non-hydrogen) atoms. The predicted molar refractivity (Wildman–Crippen MR) is 111 cm³/mol. The Morgan fingerprint density at radius 3 is 2.37 bits per heavy atom. The highest BCUT2D eigenvalue weighted by molar-refractivity contribution is 7.18. The number of hydrogen-bond acceptors (Lipinski definition) is 5. The second-order valence-electron chi connectivity index (χ2n) is 6.37. The molecule has 4 nitrogen and oxygen atoms in total. The van der Waals surface area contributed by atoms with Crippen molar-refractivity contribution < 1.29 is 9.47 Å². The van der Waals surface area contributed by atoms with E-state index in [1.54, 1.807) is 18.4 Å². The molecule has 0 aliphatic rings. The molecule has 0 aliphatic heterocycles. The first-order valence-electron chi connectivity index (χ1n) is 8.92. The molecule has 0 spiro atoms. The van der Waals surface area contributed by atoms with E-state index in [0.29, 0.717) is 6.61 Å². The van der Waals surface area contributed by atoms with Gasteiger partial charge in [0.1, 0.15) is 5.01 Å². The molecule has 2 heterocycles. The summed E-state index contributed by atoms with van der Waals surface area (Å²) in [5.74, 6) is 0. The topological polar surface area (TPSA) is 44.2 Å². The molecule has 0 N–H and O–H groups in total. The van der Waals surface area contributed by atoms with E-state index in [4.69, 9.17) is 9.47 Å². The highest BCUT2D eigenvalue weighted by Gasteiger charge is 2.11. The monoisotopic (exact) mass is 380 g/mol. The third-order valence-corrected chi connectivity index (χ3v) is 5.07. The van der Waals surface area contributed by atoms with E-state index in [9.17, 15) is 0 Å². The Labute approximate surface area is 164 Å². The van der Waals surface area contributed by atoms with Gasteiger partial charge >= 0.3 is 0 Å². The Balaban J connectivity index is 1.78. The van der Waals surface area contributed by atoms with E-state index in [1.807, 2.05) is 37.5 Å². The van der Waals surface area contributed by atoms with E-state index in [-0.39, 0.29) is 6.29 Å². The lowest BCUT2D eigenvalue weighted by Crippen LogP contribution is -2.06. The molecule has 0 bridgehead atoms. The smallest absolute Gasteiger partial charge is 0.183 e. The largest absolute Gasteiger partial charge is 0.352 e. The zero-order chi connectivity index (χ0) is 19.2. The van der Waals surface area contributed by atoms with E-state index in [0.717, 1.165) is 32.3 Å². The maximum absolute atomic E-state index is 5.57. The van der Waals surface area contributed by atoms with Crippen LogP contribution in [0.4, 0.5) is 0 Å². The molecule has 3 aromatic rings. The molecule has 1 aromatic carbocycles. The number of nitrogens with zero attached hydrogens (tertiary/aromatic N) is 2. The van der Waals surface area contributed by atoms with Crippen LogP contribution in [0.1, 0.15) is 38.3 Å². The zero-order valence-electron chi connectivity index (χ0n) is 16.1. The van der Waals surface area contributed by atoms with Crippen molar-refractivity contribution in [2.75, 3.05) is 13.7 Å². The van der Waals surface area contributed by atoms with Crippen molar-refractivity contribution in [3.63, 3.8) is 0 Å². The van der Waals surface area contributed by atoms with E-state index < -0.39 is 0 Å². The van der Waals surface area contributed by atoms with Crippen LogP contribution in [0.5, 0.6) is 0 Å². The number of ether oxygens (including phenoxy) is 2. The average Bonchev–Trinajstić information content (AvgIpc) is 3.16. The summed E-state index contributed by atoms with van der Waals surface area (Å²) in [7, 11) is 1.65. The fraction of sp³-hybridized carbons (Fsp3) is 0.273. The van der Waals surface area contributed by atoms with Gasteiger partial charge < -0.3 is 9.47 Å². The summed E-state index contributed by atoms with van der Waals surface area (Å²) in [6.45, 7) is 6.70. The Hall–Kier alpha value is -2.34. The minimum Gasteiger partial charge on any atom is -0.352 e. The standard InChI is InChI=1S/C22H24N2O2S/c1-5-26-22(25-4)17-8-6-16(7-9-17)21-24-14-20(27-21)18-10-11-19(23-13-18)12-15(2)3/h6-14,22H,5H2,1-4H3. The van der Waals surface area contributed by atoms with Gasteiger partial charge in [-0.05, 0) is 39.0 Å². The maximum Gasteiger partial charge on any atom is 0.183 e. The number of methoxy groups -OCH3 is 1. The van der Waals surface area contributed by atoms with Gasteiger partial charge in [0.15, 0.2) is 6.29 Å². The fourth-order valence-corrected chi connectivity index (χ4v) is 3.62. The molecule has 5 heteroatoms. The van der Waals surface area contributed by atoms with Crippen molar-refractivity contribution in [1.29, 1.82) is 0 Å². The Bertz CT molecular complexity index is 895. The van der Waals surface area contributed by atoms with Gasteiger partial charge in [-0.3, -0.25) is 4.98 Å². The Kier molecular flexibility index (Phi) is 6.50. The van der Waals surface area contributed by atoms with Crippen molar-refractivity contribution in [2.24, 2.45) is 0 Å². The number of hydrogen-bond donors (Lipinski definition) is 0. The first-order valence-corrected chi connectivity index (χ1v) is 9.74. The number of rotatable bonds is 7. The van der Waals surface area contributed by atoms with Crippen LogP contribution < -0.4 is 0 Å². The van der Waals surface area contributed by atoms with Gasteiger partial charge in [0.25, 0.3) is 0 Å². The van der Waals surface area contributed by atoms with Crippen LogP contribution in [0.15, 0.2) is 54.4 Å². The van der Waals surface area contributed by atoms with Crippen molar-refractivity contribution in [2.45, 2.75) is 27.1 Å². The molecule has 0 saturated heterocycles. The Morgan fingerprint density at radius 1 is 1.04 bits per heavy atom. The van der Waals surface area contributed by atoms with Crippen LogP contribution in [-0.4, -0.2) is 23.7 Å². The first-order chi connectivity index (χ1) is 13.1.